The normalized spacial score (nSPS) is 11.1. The number of primary amides is 1. The molecule has 0 bridgehead atoms. The molecule has 0 fully saturated rings. The second-order valence-electron chi connectivity index (χ2n) is 4.39. The molecule has 15 heavy (non-hydrogen) atoms. The third-order valence-electron chi connectivity index (χ3n) is 2.04. The van der Waals surface area contributed by atoms with E-state index in [2.05, 4.69) is 19.8 Å². The zero-order valence-corrected chi connectivity index (χ0v) is 12.1. The van der Waals surface area contributed by atoms with Crippen molar-refractivity contribution in [3.8, 4) is 0 Å². The molecule has 0 saturated carbocycles. The summed E-state index contributed by atoms with van der Waals surface area (Å²) in [5.74, 6) is 0. The zero-order valence-electron chi connectivity index (χ0n) is 9.28. The molecule has 0 aliphatic heterocycles. The number of ether oxygens (including phenoxy) is 1. The summed E-state index contributed by atoms with van der Waals surface area (Å²) in [6.45, 7) is 0.158. The summed E-state index contributed by atoms with van der Waals surface area (Å²) in [5.41, 5.74) is 5.65. The second-order valence-corrected chi connectivity index (χ2v) is 18.9. The van der Waals surface area contributed by atoms with Crippen LogP contribution in [0.5, 0.6) is 0 Å². The molecular weight excluding hydrogens is 299 g/mol. The molecule has 1 rings (SSSR count). The van der Waals surface area contributed by atoms with Crippen molar-refractivity contribution in [2.24, 2.45) is 5.73 Å². The number of carbonyl (C=O) groups is 1. The van der Waals surface area contributed by atoms with Crippen LogP contribution < -0.4 is 9.31 Å². The second kappa shape index (κ2) is 4.83. The maximum absolute atomic E-state index is 10.4. The molecular formula is C10H16N2O2Sn. The summed E-state index contributed by atoms with van der Waals surface area (Å²) < 4.78 is 6.06. The van der Waals surface area contributed by atoms with Gasteiger partial charge in [0.05, 0.1) is 0 Å². The average molecular weight is 315 g/mol. The van der Waals surface area contributed by atoms with Crippen molar-refractivity contribution in [1.82, 2.24) is 4.98 Å². The summed E-state index contributed by atoms with van der Waals surface area (Å²) in [7, 11) is 0. The van der Waals surface area contributed by atoms with Gasteiger partial charge >= 0.3 is 93.7 Å². The van der Waals surface area contributed by atoms with Gasteiger partial charge in [-0.3, -0.25) is 0 Å². The third-order valence-corrected chi connectivity index (χ3v) is 7.88. The predicted molar refractivity (Wildman–Crippen MR) is 61.6 cm³/mol. The standard InChI is InChI=1S/C7H7N2O2.3CH3.Sn/c8-7(10)11-5-6-3-1-2-4-9-6;;;;/h2-4H,5H2,(H2,8,10);3*1H3;. The van der Waals surface area contributed by atoms with Crippen LogP contribution in [0, 0.1) is 0 Å². The Hall–Kier alpha value is -0.781. The van der Waals surface area contributed by atoms with Crippen molar-refractivity contribution in [2.75, 3.05) is 0 Å². The molecule has 82 valence electrons. The van der Waals surface area contributed by atoms with Crippen LogP contribution in [0.25, 0.3) is 0 Å². The van der Waals surface area contributed by atoms with Crippen LogP contribution in [0.1, 0.15) is 5.69 Å². The van der Waals surface area contributed by atoms with E-state index in [4.69, 9.17) is 10.5 Å². The number of hydrogen-bond donors (Lipinski definition) is 1. The molecule has 0 aliphatic rings. The number of hydrogen-bond acceptors (Lipinski definition) is 3. The zero-order chi connectivity index (χ0) is 11.5. The van der Waals surface area contributed by atoms with E-state index in [1.807, 2.05) is 12.1 Å². The molecule has 1 aromatic rings. The van der Waals surface area contributed by atoms with Crippen LogP contribution in [0.3, 0.4) is 0 Å². The summed E-state index contributed by atoms with van der Waals surface area (Å²) in [4.78, 5) is 21.5. The number of aromatic nitrogens is 1. The van der Waals surface area contributed by atoms with Crippen molar-refractivity contribution in [3.63, 3.8) is 0 Å². The molecule has 1 aromatic heterocycles. The fourth-order valence-corrected chi connectivity index (χ4v) is 4.52. The molecule has 0 aliphatic carbocycles. The average Bonchev–Trinajstić information content (AvgIpc) is 2.14. The molecule has 0 aromatic carbocycles. The van der Waals surface area contributed by atoms with E-state index in [9.17, 15) is 4.79 Å². The summed E-state index contributed by atoms with van der Waals surface area (Å²) in [6, 6.07) is 4.06. The van der Waals surface area contributed by atoms with Crippen LogP contribution in [0.4, 0.5) is 4.79 Å². The number of amides is 1. The van der Waals surface area contributed by atoms with Crippen molar-refractivity contribution in [3.05, 3.63) is 24.0 Å². The molecule has 0 spiro atoms. The van der Waals surface area contributed by atoms with Gasteiger partial charge < -0.3 is 0 Å². The van der Waals surface area contributed by atoms with Crippen LogP contribution in [-0.4, -0.2) is 29.5 Å². The van der Waals surface area contributed by atoms with E-state index in [1.54, 1.807) is 6.20 Å². The summed E-state index contributed by atoms with van der Waals surface area (Å²) in [6.07, 6.45) is 0.999. The summed E-state index contributed by atoms with van der Waals surface area (Å²) in [5, 5.41) is 0. The van der Waals surface area contributed by atoms with Gasteiger partial charge in [0.25, 0.3) is 0 Å². The molecule has 0 radical (unpaired) electrons. The van der Waals surface area contributed by atoms with E-state index in [1.165, 1.54) is 3.58 Å². The molecule has 0 unspecified atom stereocenters. The van der Waals surface area contributed by atoms with Crippen molar-refractivity contribution >= 4 is 28.0 Å². The molecule has 4 nitrogen and oxygen atoms in total. The van der Waals surface area contributed by atoms with Gasteiger partial charge in [-0.15, -0.1) is 0 Å². The Bertz CT molecular complexity index is 361. The van der Waals surface area contributed by atoms with E-state index < -0.39 is 24.5 Å². The van der Waals surface area contributed by atoms with Crippen molar-refractivity contribution in [1.29, 1.82) is 0 Å². The van der Waals surface area contributed by atoms with Crippen LogP contribution in [0.15, 0.2) is 18.3 Å². The molecule has 1 amide bonds. The number of nitrogens with zero attached hydrogens (tertiary/aromatic N) is 1. The van der Waals surface area contributed by atoms with Crippen LogP contribution in [-0.2, 0) is 11.3 Å². The topological polar surface area (TPSA) is 65.2 Å². The van der Waals surface area contributed by atoms with Gasteiger partial charge in [-0.25, -0.2) is 0 Å². The van der Waals surface area contributed by atoms with E-state index >= 15 is 0 Å². The Morgan fingerprint density at radius 1 is 1.53 bits per heavy atom. The first-order valence-electron chi connectivity index (χ1n) is 4.77. The molecule has 2 N–H and O–H groups in total. The fourth-order valence-electron chi connectivity index (χ4n) is 1.17. The first-order valence-corrected chi connectivity index (χ1v) is 14.8. The fraction of sp³-hybridized carbons (Fsp3) is 0.400. The number of carbonyl (C=O) groups excluding carboxylic acids is 1. The Morgan fingerprint density at radius 3 is 2.73 bits per heavy atom. The molecule has 5 heteroatoms. The first-order chi connectivity index (χ1) is 6.89. The molecule has 1 heterocycles. The number of rotatable bonds is 3. The minimum atomic E-state index is -2.05. The van der Waals surface area contributed by atoms with Crippen LogP contribution >= 0.6 is 0 Å². The Kier molecular flexibility index (Phi) is 3.96. The third kappa shape index (κ3) is 4.07. The van der Waals surface area contributed by atoms with Gasteiger partial charge in [0.15, 0.2) is 0 Å². The van der Waals surface area contributed by atoms with E-state index in [-0.39, 0.29) is 6.61 Å². The molecule has 0 saturated heterocycles. The van der Waals surface area contributed by atoms with Gasteiger partial charge in [-0.1, -0.05) is 0 Å². The number of pyridine rings is 1. The number of nitrogens with two attached hydrogens (primary N) is 1. The Balaban J connectivity index is 2.79. The maximum atomic E-state index is 10.4. The monoisotopic (exact) mass is 316 g/mol. The van der Waals surface area contributed by atoms with Gasteiger partial charge in [-0.2, -0.15) is 0 Å². The van der Waals surface area contributed by atoms with Gasteiger partial charge in [-0.05, 0) is 0 Å². The Morgan fingerprint density at radius 2 is 2.20 bits per heavy atom. The van der Waals surface area contributed by atoms with Gasteiger partial charge in [0, 0.05) is 0 Å². The first kappa shape index (κ1) is 12.3. The quantitative estimate of drug-likeness (QED) is 0.853. The predicted octanol–water partition coefficient (Wildman–Crippen LogP) is 1.22. The molecule has 0 atom stereocenters. The Labute approximate surface area is 93.7 Å². The minimum absolute atomic E-state index is 0.158. The summed E-state index contributed by atoms with van der Waals surface area (Å²) >= 11 is -2.05. The van der Waals surface area contributed by atoms with Gasteiger partial charge in [0.1, 0.15) is 0 Å². The van der Waals surface area contributed by atoms with Crippen molar-refractivity contribution in [2.45, 2.75) is 21.4 Å². The SMILES string of the molecule is [CH3][Sn]([CH3])([CH3])[c]1ccnc(COC(N)=O)c1. The van der Waals surface area contributed by atoms with Crippen molar-refractivity contribution < 1.29 is 9.53 Å². The van der Waals surface area contributed by atoms with E-state index in [0.29, 0.717) is 0 Å². The van der Waals surface area contributed by atoms with Gasteiger partial charge in [0.2, 0.25) is 0 Å². The van der Waals surface area contributed by atoms with E-state index in [0.717, 1.165) is 5.69 Å². The van der Waals surface area contributed by atoms with Crippen LogP contribution in [0.2, 0.25) is 14.8 Å².